The Morgan fingerprint density at radius 3 is 2.71 bits per heavy atom. The molecule has 1 aromatic rings. The molecule has 96 valence electrons. The largest absolute Gasteiger partial charge is 0.242 e. The minimum absolute atomic E-state index is 0.0211. The molecule has 0 aliphatic heterocycles. The van der Waals surface area contributed by atoms with Crippen LogP contribution in [-0.2, 0) is 10.0 Å². The minimum atomic E-state index is -3.72. The zero-order valence-electron chi connectivity index (χ0n) is 8.92. The molecular formula is C10H12ClFINO2S. The van der Waals surface area contributed by atoms with Gasteiger partial charge in [0.1, 0.15) is 10.7 Å². The van der Waals surface area contributed by atoms with Crippen LogP contribution < -0.4 is 4.72 Å². The third-order valence-electron chi connectivity index (χ3n) is 2.04. The van der Waals surface area contributed by atoms with Crippen molar-refractivity contribution in [3.05, 3.63) is 29.0 Å². The highest BCUT2D eigenvalue weighted by Gasteiger charge is 2.17. The Bertz CT molecular complexity index is 481. The molecule has 0 radical (unpaired) electrons. The Balaban J connectivity index is 2.79. The predicted molar refractivity (Wildman–Crippen MR) is 74.7 cm³/mol. The fourth-order valence-corrected chi connectivity index (χ4v) is 3.31. The molecule has 0 saturated carbocycles. The Labute approximate surface area is 119 Å². The average molecular weight is 392 g/mol. The van der Waals surface area contributed by atoms with Gasteiger partial charge in [-0.2, -0.15) is 0 Å². The van der Waals surface area contributed by atoms with Crippen LogP contribution in [0.2, 0.25) is 5.02 Å². The van der Waals surface area contributed by atoms with Crippen LogP contribution >= 0.6 is 34.2 Å². The van der Waals surface area contributed by atoms with E-state index in [0.717, 1.165) is 29.4 Å². The molecule has 1 rings (SSSR count). The number of alkyl halides is 1. The zero-order valence-corrected chi connectivity index (χ0v) is 12.6. The lowest BCUT2D eigenvalue weighted by atomic mass is 10.3. The molecule has 0 aliphatic rings. The second-order valence-electron chi connectivity index (χ2n) is 3.37. The van der Waals surface area contributed by atoms with Gasteiger partial charge >= 0.3 is 0 Å². The number of halogens is 3. The van der Waals surface area contributed by atoms with Crippen LogP contribution in [0.15, 0.2) is 23.1 Å². The summed E-state index contributed by atoms with van der Waals surface area (Å²) in [5.74, 6) is -0.623. The quantitative estimate of drug-likeness (QED) is 0.460. The number of hydrogen-bond acceptors (Lipinski definition) is 2. The van der Waals surface area contributed by atoms with E-state index < -0.39 is 15.8 Å². The number of hydrogen-bond donors (Lipinski definition) is 1. The maximum Gasteiger partial charge on any atom is 0.242 e. The summed E-state index contributed by atoms with van der Waals surface area (Å²) < 4.78 is 39.9. The predicted octanol–water partition coefficient (Wildman–Crippen LogP) is 2.97. The molecule has 0 heterocycles. The zero-order chi connectivity index (χ0) is 12.9. The molecule has 0 atom stereocenters. The van der Waals surface area contributed by atoms with E-state index in [4.69, 9.17) is 11.6 Å². The molecule has 0 unspecified atom stereocenters. The van der Waals surface area contributed by atoms with Crippen molar-refractivity contribution < 1.29 is 12.8 Å². The summed E-state index contributed by atoms with van der Waals surface area (Å²) in [5.41, 5.74) is 0. The normalized spacial score (nSPS) is 11.7. The highest BCUT2D eigenvalue weighted by molar-refractivity contribution is 14.1. The molecule has 0 bridgehead atoms. The SMILES string of the molecule is O=S(=O)(NCCCCI)c1cc(F)ccc1Cl. The van der Waals surface area contributed by atoms with Gasteiger partial charge in [0.25, 0.3) is 0 Å². The highest BCUT2D eigenvalue weighted by atomic mass is 127. The third-order valence-corrected chi connectivity index (χ3v) is 4.74. The van der Waals surface area contributed by atoms with Crippen molar-refractivity contribution in [3.8, 4) is 0 Å². The topological polar surface area (TPSA) is 46.2 Å². The summed E-state index contributed by atoms with van der Waals surface area (Å²) in [6.07, 6.45) is 1.68. The van der Waals surface area contributed by atoms with E-state index >= 15 is 0 Å². The van der Waals surface area contributed by atoms with E-state index in [9.17, 15) is 12.8 Å². The first-order chi connectivity index (χ1) is 7.97. The van der Waals surface area contributed by atoms with Gasteiger partial charge < -0.3 is 0 Å². The maximum absolute atomic E-state index is 13.0. The van der Waals surface area contributed by atoms with Crippen LogP contribution in [0.1, 0.15) is 12.8 Å². The Morgan fingerprint density at radius 2 is 2.06 bits per heavy atom. The van der Waals surface area contributed by atoms with Gasteiger partial charge in [-0.3, -0.25) is 0 Å². The van der Waals surface area contributed by atoms with Crippen molar-refractivity contribution in [2.75, 3.05) is 11.0 Å². The van der Waals surface area contributed by atoms with Crippen LogP contribution in [-0.4, -0.2) is 19.4 Å². The van der Waals surface area contributed by atoms with Crippen molar-refractivity contribution >= 4 is 44.2 Å². The standard InChI is InChI=1S/C10H12ClFINO2S/c11-9-4-3-8(12)7-10(9)17(15,16)14-6-2-1-5-13/h3-4,7,14H,1-2,5-6H2. The van der Waals surface area contributed by atoms with Gasteiger partial charge in [-0.05, 0) is 35.5 Å². The Morgan fingerprint density at radius 1 is 1.35 bits per heavy atom. The number of benzene rings is 1. The van der Waals surface area contributed by atoms with Crippen molar-refractivity contribution in [1.29, 1.82) is 0 Å². The molecule has 3 nitrogen and oxygen atoms in total. The van der Waals surface area contributed by atoms with Crippen molar-refractivity contribution in [2.24, 2.45) is 0 Å². The van der Waals surface area contributed by atoms with E-state index in [1.54, 1.807) is 0 Å². The molecule has 0 amide bonds. The fourth-order valence-electron chi connectivity index (χ4n) is 1.19. The molecular weight excluding hydrogens is 380 g/mol. The summed E-state index contributed by atoms with van der Waals surface area (Å²) in [6.45, 7) is 0.332. The smallest absolute Gasteiger partial charge is 0.211 e. The Hall–Kier alpha value is 0.0800. The summed E-state index contributed by atoms with van der Waals surface area (Å²) in [6, 6.07) is 3.27. The first-order valence-corrected chi connectivity index (χ1v) is 8.37. The van der Waals surface area contributed by atoms with Gasteiger partial charge in [-0.25, -0.2) is 17.5 Å². The monoisotopic (exact) mass is 391 g/mol. The molecule has 1 N–H and O–H groups in total. The molecule has 0 aliphatic carbocycles. The lowest BCUT2D eigenvalue weighted by Gasteiger charge is -2.07. The van der Waals surface area contributed by atoms with E-state index in [1.165, 1.54) is 6.07 Å². The fraction of sp³-hybridized carbons (Fsp3) is 0.400. The Kier molecular flexibility index (Phi) is 6.11. The molecule has 0 spiro atoms. The van der Waals surface area contributed by atoms with Gasteiger partial charge in [0.2, 0.25) is 10.0 Å². The third kappa shape index (κ3) is 4.69. The summed E-state index contributed by atoms with van der Waals surface area (Å²) in [7, 11) is -3.72. The highest BCUT2D eigenvalue weighted by Crippen LogP contribution is 2.21. The molecule has 0 fully saturated rings. The molecule has 17 heavy (non-hydrogen) atoms. The van der Waals surface area contributed by atoms with Gasteiger partial charge in [-0.1, -0.05) is 34.2 Å². The first-order valence-electron chi connectivity index (χ1n) is 4.98. The molecule has 7 heteroatoms. The van der Waals surface area contributed by atoms with Crippen LogP contribution in [0.4, 0.5) is 4.39 Å². The van der Waals surface area contributed by atoms with E-state index in [0.29, 0.717) is 6.54 Å². The van der Waals surface area contributed by atoms with Crippen molar-refractivity contribution in [3.63, 3.8) is 0 Å². The second kappa shape index (κ2) is 6.86. The number of unbranched alkanes of at least 4 members (excludes halogenated alkanes) is 1. The van der Waals surface area contributed by atoms with Crippen LogP contribution in [0.5, 0.6) is 0 Å². The number of sulfonamides is 1. The van der Waals surface area contributed by atoms with Crippen molar-refractivity contribution in [1.82, 2.24) is 4.72 Å². The van der Waals surface area contributed by atoms with Gasteiger partial charge in [0, 0.05) is 6.54 Å². The van der Waals surface area contributed by atoms with Gasteiger partial charge in [0.15, 0.2) is 0 Å². The summed E-state index contributed by atoms with van der Waals surface area (Å²) in [4.78, 5) is -0.214. The van der Waals surface area contributed by atoms with Crippen LogP contribution in [0, 0.1) is 5.82 Å². The average Bonchev–Trinajstić information content (AvgIpc) is 2.28. The molecule has 0 saturated heterocycles. The van der Waals surface area contributed by atoms with Crippen LogP contribution in [0.25, 0.3) is 0 Å². The minimum Gasteiger partial charge on any atom is -0.211 e. The van der Waals surface area contributed by atoms with Gasteiger partial charge in [0.05, 0.1) is 5.02 Å². The lowest BCUT2D eigenvalue weighted by Crippen LogP contribution is -2.25. The summed E-state index contributed by atoms with van der Waals surface area (Å²) in [5, 5.41) is 0.0211. The van der Waals surface area contributed by atoms with Crippen molar-refractivity contribution in [2.45, 2.75) is 17.7 Å². The molecule has 0 aromatic heterocycles. The summed E-state index contributed by atoms with van der Waals surface area (Å²) >= 11 is 7.96. The van der Waals surface area contributed by atoms with E-state index in [-0.39, 0.29) is 9.92 Å². The first kappa shape index (κ1) is 15.1. The lowest BCUT2D eigenvalue weighted by molar-refractivity contribution is 0.575. The maximum atomic E-state index is 13.0. The van der Waals surface area contributed by atoms with E-state index in [1.807, 2.05) is 0 Å². The second-order valence-corrected chi connectivity index (χ2v) is 6.59. The number of rotatable bonds is 6. The van der Waals surface area contributed by atoms with Crippen LogP contribution in [0.3, 0.4) is 0 Å². The van der Waals surface area contributed by atoms with E-state index in [2.05, 4.69) is 27.3 Å². The number of nitrogens with one attached hydrogen (secondary N) is 1. The molecule has 1 aromatic carbocycles. The van der Waals surface area contributed by atoms with Gasteiger partial charge in [-0.15, -0.1) is 0 Å².